The molecule has 0 bridgehead atoms. The Balaban J connectivity index is 1.35. The fourth-order valence-corrected chi connectivity index (χ4v) is 4.00. The number of aliphatic hydroxyl groups is 1. The maximum Gasteiger partial charge on any atom is 0.219 e. The van der Waals surface area contributed by atoms with Gasteiger partial charge in [-0.15, -0.1) is 0 Å². The molecular formula is C17H24N6O2. The van der Waals surface area contributed by atoms with E-state index in [1.807, 2.05) is 4.90 Å². The minimum atomic E-state index is -0.703. The number of aromatic amines is 1. The fourth-order valence-electron chi connectivity index (χ4n) is 4.00. The Morgan fingerprint density at radius 1 is 1.32 bits per heavy atom. The molecular weight excluding hydrogens is 320 g/mol. The zero-order chi connectivity index (χ0) is 17.4. The molecule has 2 saturated heterocycles. The van der Waals surface area contributed by atoms with Crippen LogP contribution in [0.1, 0.15) is 37.8 Å². The number of aromatic nitrogens is 4. The van der Waals surface area contributed by atoms with Gasteiger partial charge in [-0.2, -0.15) is 5.10 Å². The zero-order valence-electron chi connectivity index (χ0n) is 14.5. The number of rotatable bonds is 3. The number of fused-ring (bicyclic) bond motifs is 1. The van der Waals surface area contributed by atoms with Crippen LogP contribution in [0.3, 0.4) is 0 Å². The average Bonchev–Trinajstić information content (AvgIpc) is 2.87. The molecule has 0 radical (unpaired) electrons. The van der Waals surface area contributed by atoms with E-state index in [0.29, 0.717) is 31.1 Å². The number of H-pyrrole nitrogens is 1. The van der Waals surface area contributed by atoms with Gasteiger partial charge in [-0.05, 0) is 19.3 Å². The molecule has 8 nitrogen and oxygen atoms in total. The molecule has 25 heavy (non-hydrogen) atoms. The number of likely N-dealkylation sites (tertiary alicyclic amines) is 2. The number of nitrogens with one attached hydrogen (secondary N) is 1. The van der Waals surface area contributed by atoms with E-state index in [4.69, 9.17) is 0 Å². The molecule has 1 amide bonds. The molecule has 0 spiro atoms. The quantitative estimate of drug-likeness (QED) is 0.842. The maximum absolute atomic E-state index is 11.5. The Labute approximate surface area is 146 Å². The lowest BCUT2D eigenvalue weighted by Gasteiger charge is -2.43. The van der Waals surface area contributed by atoms with Gasteiger partial charge >= 0.3 is 0 Å². The first-order valence-corrected chi connectivity index (χ1v) is 8.89. The van der Waals surface area contributed by atoms with Crippen LogP contribution in [0.4, 0.5) is 0 Å². The van der Waals surface area contributed by atoms with Crippen molar-refractivity contribution in [1.82, 2.24) is 30.0 Å². The highest BCUT2D eigenvalue weighted by molar-refractivity contribution is 5.73. The third-order valence-corrected chi connectivity index (χ3v) is 5.46. The maximum atomic E-state index is 11.5. The van der Waals surface area contributed by atoms with E-state index in [1.54, 1.807) is 19.3 Å². The van der Waals surface area contributed by atoms with Gasteiger partial charge in [-0.1, -0.05) is 0 Å². The van der Waals surface area contributed by atoms with E-state index in [1.165, 1.54) is 0 Å². The lowest BCUT2D eigenvalue weighted by atomic mass is 9.89. The van der Waals surface area contributed by atoms with Crippen LogP contribution in [-0.2, 0) is 4.79 Å². The van der Waals surface area contributed by atoms with Gasteiger partial charge in [-0.25, -0.2) is 9.97 Å². The first-order chi connectivity index (χ1) is 12.0. The monoisotopic (exact) mass is 344 g/mol. The number of amides is 1. The molecule has 2 aliphatic heterocycles. The lowest BCUT2D eigenvalue weighted by Crippen LogP contribution is -2.53. The van der Waals surface area contributed by atoms with Crippen LogP contribution in [0.15, 0.2) is 12.4 Å². The highest BCUT2D eigenvalue weighted by atomic mass is 16.3. The Kier molecular flexibility index (Phi) is 4.16. The second-order valence-corrected chi connectivity index (χ2v) is 7.34. The molecule has 8 heteroatoms. The number of carbonyl (C=O) groups is 1. The Morgan fingerprint density at radius 3 is 2.92 bits per heavy atom. The van der Waals surface area contributed by atoms with Gasteiger partial charge in [0.15, 0.2) is 5.65 Å². The van der Waals surface area contributed by atoms with Crippen molar-refractivity contribution in [3.8, 4) is 0 Å². The Morgan fingerprint density at radius 2 is 2.12 bits per heavy atom. The topological polar surface area (TPSA) is 98.2 Å². The van der Waals surface area contributed by atoms with Crippen molar-refractivity contribution < 1.29 is 9.90 Å². The van der Waals surface area contributed by atoms with E-state index < -0.39 is 5.60 Å². The van der Waals surface area contributed by atoms with Crippen LogP contribution in [-0.4, -0.2) is 79.3 Å². The van der Waals surface area contributed by atoms with Gasteiger partial charge < -0.3 is 10.0 Å². The molecule has 2 fully saturated rings. The molecule has 4 rings (SSSR count). The van der Waals surface area contributed by atoms with Crippen molar-refractivity contribution in [2.24, 2.45) is 0 Å². The van der Waals surface area contributed by atoms with Gasteiger partial charge in [0.05, 0.1) is 11.3 Å². The number of hydrogen-bond acceptors (Lipinski definition) is 6. The van der Waals surface area contributed by atoms with Crippen LogP contribution in [0, 0.1) is 0 Å². The van der Waals surface area contributed by atoms with Crippen molar-refractivity contribution in [2.75, 3.05) is 32.7 Å². The molecule has 0 saturated carbocycles. The number of carbonyl (C=O) groups excluding carboxylic acids is 1. The molecule has 2 aromatic heterocycles. The van der Waals surface area contributed by atoms with E-state index >= 15 is 0 Å². The summed E-state index contributed by atoms with van der Waals surface area (Å²) < 4.78 is 0. The van der Waals surface area contributed by atoms with Crippen LogP contribution in [0.5, 0.6) is 0 Å². The summed E-state index contributed by atoms with van der Waals surface area (Å²) in [5.41, 5.74) is 1.83. The molecule has 4 heterocycles. The summed E-state index contributed by atoms with van der Waals surface area (Å²) in [4.78, 5) is 24.2. The van der Waals surface area contributed by atoms with Crippen molar-refractivity contribution in [3.63, 3.8) is 0 Å². The average molecular weight is 344 g/mol. The molecule has 2 N–H and O–H groups in total. The molecule has 134 valence electrons. The van der Waals surface area contributed by atoms with E-state index in [9.17, 15) is 9.90 Å². The standard InChI is InChI=1S/C17H24N6O2/c1-12(24)23-7-2-3-17(25,4-8-23)11-22-9-13(10-22)14-15-16(21-20-14)19-6-5-18-15/h5-6,13,25H,2-4,7-11H2,1H3,(H,19,20,21)/t17-/m1/s1. The second kappa shape index (κ2) is 6.34. The number of hydrogen-bond donors (Lipinski definition) is 2. The fraction of sp³-hybridized carbons (Fsp3) is 0.647. The van der Waals surface area contributed by atoms with Crippen LogP contribution >= 0.6 is 0 Å². The van der Waals surface area contributed by atoms with Gasteiger partial charge in [0.25, 0.3) is 0 Å². The first-order valence-electron chi connectivity index (χ1n) is 8.89. The zero-order valence-corrected chi connectivity index (χ0v) is 14.5. The molecule has 0 aromatic carbocycles. The summed E-state index contributed by atoms with van der Waals surface area (Å²) in [6, 6.07) is 0. The third kappa shape index (κ3) is 3.23. The predicted octanol–water partition coefficient (Wildman–Crippen LogP) is 0.516. The largest absolute Gasteiger partial charge is 0.388 e. The summed E-state index contributed by atoms with van der Waals surface area (Å²) in [5.74, 6) is 0.449. The summed E-state index contributed by atoms with van der Waals surface area (Å²) >= 11 is 0. The van der Waals surface area contributed by atoms with E-state index in [2.05, 4.69) is 25.1 Å². The number of β-amino-alcohol motifs (C(OH)–C–C–N with tert-alkyl or cyclic N) is 1. The smallest absolute Gasteiger partial charge is 0.219 e. The highest BCUT2D eigenvalue weighted by Gasteiger charge is 2.38. The second-order valence-electron chi connectivity index (χ2n) is 7.34. The number of nitrogens with zero attached hydrogens (tertiary/aromatic N) is 5. The Hall–Kier alpha value is -2.06. The summed E-state index contributed by atoms with van der Waals surface area (Å²) in [6.07, 6.45) is 5.58. The van der Waals surface area contributed by atoms with Gasteiger partial charge in [-0.3, -0.25) is 14.8 Å². The summed E-state index contributed by atoms with van der Waals surface area (Å²) in [7, 11) is 0. The lowest BCUT2D eigenvalue weighted by molar-refractivity contribution is -0.129. The van der Waals surface area contributed by atoms with Crippen LogP contribution < -0.4 is 0 Å². The van der Waals surface area contributed by atoms with Crippen LogP contribution in [0.25, 0.3) is 11.2 Å². The van der Waals surface area contributed by atoms with E-state index in [0.717, 1.165) is 43.7 Å². The summed E-state index contributed by atoms with van der Waals surface area (Å²) in [5, 5.41) is 18.2. The predicted molar refractivity (Wildman–Crippen MR) is 91.9 cm³/mol. The van der Waals surface area contributed by atoms with Crippen molar-refractivity contribution in [2.45, 2.75) is 37.7 Å². The molecule has 0 unspecified atom stereocenters. The SMILES string of the molecule is CC(=O)N1CCC[C@](O)(CN2CC(c3[nH]nc4nccnc34)C2)CC1. The minimum absolute atomic E-state index is 0.0977. The Bertz CT molecular complexity index is 771. The van der Waals surface area contributed by atoms with Crippen molar-refractivity contribution in [1.29, 1.82) is 0 Å². The normalized spacial score (nSPS) is 25.8. The van der Waals surface area contributed by atoms with Gasteiger partial charge in [0.1, 0.15) is 5.52 Å². The van der Waals surface area contributed by atoms with Crippen molar-refractivity contribution in [3.05, 3.63) is 18.1 Å². The highest BCUT2D eigenvalue weighted by Crippen LogP contribution is 2.32. The first kappa shape index (κ1) is 16.4. The van der Waals surface area contributed by atoms with Gasteiger partial charge in [0, 0.05) is 58.0 Å². The van der Waals surface area contributed by atoms with Gasteiger partial charge in [0.2, 0.25) is 5.91 Å². The molecule has 2 aliphatic rings. The van der Waals surface area contributed by atoms with E-state index in [-0.39, 0.29) is 5.91 Å². The van der Waals surface area contributed by atoms with Crippen molar-refractivity contribution >= 4 is 17.1 Å². The molecule has 2 aromatic rings. The summed E-state index contributed by atoms with van der Waals surface area (Å²) in [6.45, 7) is 5.41. The van der Waals surface area contributed by atoms with Crippen LogP contribution in [0.2, 0.25) is 0 Å². The molecule has 1 atom stereocenters. The molecule has 0 aliphatic carbocycles. The third-order valence-electron chi connectivity index (χ3n) is 5.46. The minimum Gasteiger partial charge on any atom is -0.388 e.